The van der Waals surface area contributed by atoms with E-state index in [4.69, 9.17) is 4.74 Å². The molecule has 146 valence electrons. The average molecular weight is 374 g/mol. The van der Waals surface area contributed by atoms with Crippen molar-refractivity contribution in [3.8, 4) is 5.75 Å². The van der Waals surface area contributed by atoms with Gasteiger partial charge >= 0.3 is 5.97 Å². The van der Waals surface area contributed by atoms with Crippen molar-refractivity contribution >= 4 is 17.8 Å². The second-order valence-electron chi connectivity index (χ2n) is 6.84. The molecule has 0 radical (unpaired) electrons. The number of amides is 2. The summed E-state index contributed by atoms with van der Waals surface area (Å²) in [5.41, 5.74) is 7.10. The summed E-state index contributed by atoms with van der Waals surface area (Å²) in [5.74, 6) is -2.81. The molecule has 1 aromatic rings. The van der Waals surface area contributed by atoms with Gasteiger partial charge in [0.25, 0.3) is 5.91 Å². The Balaban J connectivity index is 1.95. The highest BCUT2D eigenvalue weighted by Crippen LogP contribution is 2.34. The molecule has 27 heavy (non-hydrogen) atoms. The van der Waals surface area contributed by atoms with E-state index in [1.54, 1.807) is 24.3 Å². The molecule has 0 saturated carbocycles. The molecule has 0 fully saturated rings. The Kier molecular flexibility index (Phi) is 6.98. The van der Waals surface area contributed by atoms with Gasteiger partial charge in [-0.3, -0.25) is 25.2 Å². The van der Waals surface area contributed by atoms with Crippen LogP contribution < -0.4 is 15.6 Å². The molecule has 1 aromatic carbocycles. The number of carboxylic acid groups (broad SMARTS) is 1. The number of carboxylic acids is 1. The number of nitrogens with one attached hydrogen (secondary N) is 2. The molecule has 2 atom stereocenters. The molecule has 0 spiro atoms. The first-order valence-corrected chi connectivity index (χ1v) is 9.04. The maximum absolute atomic E-state index is 12.4. The number of hydrogen-bond donors (Lipinski definition) is 3. The van der Waals surface area contributed by atoms with Crippen LogP contribution in [0.3, 0.4) is 0 Å². The Bertz CT molecular complexity index is 739. The molecule has 0 bridgehead atoms. The summed E-state index contributed by atoms with van der Waals surface area (Å²) in [6, 6.07) is 6.57. The van der Waals surface area contributed by atoms with Crippen molar-refractivity contribution in [1.82, 2.24) is 10.9 Å². The topological polar surface area (TPSA) is 105 Å². The fourth-order valence-corrected chi connectivity index (χ4v) is 3.03. The van der Waals surface area contributed by atoms with Crippen LogP contribution in [-0.4, -0.2) is 29.5 Å². The van der Waals surface area contributed by atoms with Crippen LogP contribution in [0.25, 0.3) is 0 Å². The predicted octanol–water partition coefficient (Wildman–Crippen LogP) is 2.68. The van der Waals surface area contributed by atoms with E-state index in [2.05, 4.69) is 10.9 Å². The van der Waals surface area contributed by atoms with Gasteiger partial charge in [-0.1, -0.05) is 18.1 Å². The summed E-state index contributed by atoms with van der Waals surface area (Å²) in [7, 11) is 0. The number of aliphatic carboxylic acids is 1. The zero-order valence-corrected chi connectivity index (χ0v) is 15.9. The van der Waals surface area contributed by atoms with Crippen molar-refractivity contribution in [3.63, 3.8) is 0 Å². The molecule has 3 N–H and O–H groups in total. The Labute approximate surface area is 158 Å². The lowest BCUT2D eigenvalue weighted by atomic mass is 9.76. The molecule has 0 unspecified atom stereocenters. The van der Waals surface area contributed by atoms with Crippen molar-refractivity contribution in [2.75, 3.05) is 6.61 Å². The predicted molar refractivity (Wildman–Crippen MR) is 100 cm³/mol. The lowest BCUT2D eigenvalue weighted by Gasteiger charge is -2.29. The highest BCUT2D eigenvalue weighted by molar-refractivity contribution is 5.96. The molecule has 0 aliphatic heterocycles. The van der Waals surface area contributed by atoms with Crippen LogP contribution in [-0.2, 0) is 9.59 Å². The van der Waals surface area contributed by atoms with E-state index < -0.39 is 29.6 Å². The molecular formula is C20H26N2O5. The van der Waals surface area contributed by atoms with Crippen LogP contribution in [0.2, 0.25) is 0 Å². The number of carbonyl (C=O) groups is 3. The largest absolute Gasteiger partial charge is 0.494 e. The number of hydrogen-bond acceptors (Lipinski definition) is 4. The first-order chi connectivity index (χ1) is 12.8. The maximum Gasteiger partial charge on any atom is 0.307 e. The van der Waals surface area contributed by atoms with E-state index in [0.717, 1.165) is 17.6 Å². The fourth-order valence-electron chi connectivity index (χ4n) is 3.03. The van der Waals surface area contributed by atoms with Gasteiger partial charge < -0.3 is 9.84 Å². The monoisotopic (exact) mass is 374 g/mol. The third kappa shape index (κ3) is 5.32. The second kappa shape index (κ2) is 9.21. The molecule has 0 saturated heterocycles. The summed E-state index contributed by atoms with van der Waals surface area (Å²) >= 11 is 0. The molecule has 1 aliphatic rings. The highest BCUT2D eigenvalue weighted by Gasteiger charge is 2.37. The molecule has 2 rings (SSSR count). The SMILES string of the molecule is CCCOc1ccc(C(=O)NNC(=O)[C@H]2CC(C)=C(C)C[C@@H]2C(=O)O)cc1. The first kappa shape index (κ1) is 20.5. The van der Waals surface area contributed by atoms with Gasteiger partial charge in [0.1, 0.15) is 5.75 Å². The third-order valence-electron chi connectivity index (χ3n) is 4.81. The van der Waals surface area contributed by atoms with Gasteiger partial charge in [0.2, 0.25) is 5.91 Å². The maximum atomic E-state index is 12.4. The molecule has 0 heterocycles. The van der Waals surface area contributed by atoms with E-state index in [1.807, 2.05) is 20.8 Å². The van der Waals surface area contributed by atoms with Crippen LogP contribution in [0.5, 0.6) is 5.75 Å². The van der Waals surface area contributed by atoms with Gasteiger partial charge in [-0.25, -0.2) is 0 Å². The Morgan fingerprint density at radius 3 is 2.19 bits per heavy atom. The second-order valence-corrected chi connectivity index (χ2v) is 6.84. The average Bonchev–Trinajstić information content (AvgIpc) is 2.66. The summed E-state index contributed by atoms with van der Waals surface area (Å²) in [5, 5.41) is 9.40. The quantitative estimate of drug-likeness (QED) is 0.524. The van der Waals surface area contributed by atoms with Crippen molar-refractivity contribution in [2.45, 2.75) is 40.0 Å². The number of allylic oxidation sites excluding steroid dienone is 2. The first-order valence-electron chi connectivity index (χ1n) is 9.04. The highest BCUT2D eigenvalue weighted by atomic mass is 16.5. The molecule has 7 nitrogen and oxygen atoms in total. The van der Waals surface area contributed by atoms with Crippen molar-refractivity contribution in [1.29, 1.82) is 0 Å². The van der Waals surface area contributed by atoms with E-state index >= 15 is 0 Å². The van der Waals surface area contributed by atoms with Gasteiger partial charge in [0.05, 0.1) is 18.4 Å². The van der Waals surface area contributed by atoms with Crippen molar-refractivity contribution < 1.29 is 24.2 Å². The van der Waals surface area contributed by atoms with Gasteiger partial charge in [-0.2, -0.15) is 0 Å². The van der Waals surface area contributed by atoms with Crippen molar-refractivity contribution in [3.05, 3.63) is 41.0 Å². The minimum atomic E-state index is -1.00. The minimum Gasteiger partial charge on any atom is -0.494 e. The summed E-state index contributed by atoms with van der Waals surface area (Å²) in [6.07, 6.45) is 1.60. The number of benzene rings is 1. The lowest BCUT2D eigenvalue weighted by molar-refractivity contribution is -0.147. The van der Waals surface area contributed by atoms with Gasteiger partial charge in [-0.15, -0.1) is 0 Å². The fraction of sp³-hybridized carbons (Fsp3) is 0.450. The Hall–Kier alpha value is -2.83. The van der Waals surface area contributed by atoms with E-state index in [9.17, 15) is 19.5 Å². The van der Waals surface area contributed by atoms with Gasteiger partial charge in [0.15, 0.2) is 0 Å². The van der Waals surface area contributed by atoms with Crippen LogP contribution in [0, 0.1) is 11.8 Å². The molecular weight excluding hydrogens is 348 g/mol. The zero-order valence-electron chi connectivity index (χ0n) is 15.9. The number of rotatable bonds is 6. The number of ether oxygens (including phenoxy) is 1. The Morgan fingerprint density at radius 1 is 1.04 bits per heavy atom. The van der Waals surface area contributed by atoms with E-state index in [-0.39, 0.29) is 0 Å². The normalized spacial score (nSPS) is 19.4. The summed E-state index contributed by atoms with van der Waals surface area (Å²) < 4.78 is 5.46. The summed E-state index contributed by atoms with van der Waals surface area (Å²) in [4.78, 5) is 36.1. The number of carbonyl (C=O) groups excluding carboxylic acids is 2. The Morgan fingerprint density at radius 2 is 1.63 bits per heavy atom. The van der Waals surface area contributed by atoms with Gasteiger partial charge in [0, 0.05) is 5.56 Å². The van der Waals surface area contributed by atoms with Gasteiger partial charge in [-0.05, 0) is 57.4 Å². The summed E-state index contributed by atoms with van der Waals surface area (Å²) in [6.45, 7) is 6.38. The molecule has 7 heteroatoms. The van der Waals surface area contributed by atoms with E-state index in [0.29, 0.717) is 30.8 Å². The standard InChI is InChI=1S/C20H26N2O5/c1-4-9-27-15-7-5-14(6-8-15)18(23)21-22-19(24)16-10-12(2)13(3)11-17(16)20(25)26/h5-8,16-17H,4,9-11H2,1-3H3,(H,21,23)(H,22,24)(H,25,26)/t16-,17-/m0/s1. The minimum absolute atomic E-state index is 0.340. The number of hydrazine groups is 1. The van der Waals surface area contributed by atoms with Crippen LogP contribution in [0.1, 0.15) is 50.4 Å². The van der Waals surface area contributed by atoms with Crippen LogP contribution in [0.4, 0.5) is 0 Å². The molecule has 0 aromatic heterocycles. The van der Waals surface area contributed by atoms with E-state index in [1.165, 1.54) is 0 Å². The zero-order chi connectivity index (χ0) is 20.0. The molecule has 1 aliphatic carbocycles. The third-order valence-corrected chi connectivity index (χ3v) is 4.81. The smallest absolute Gasteiger partial charge is 0.307 e. The molecule has 2 amide bonds. The lowest BCUT2D eigenvalue weighted by Crippen LogP contribution is -2.48. The van der Waals surface area contributed by atoms with Crippen LogP contribution >= 0.6 is 0 Å². The van der Waals surface area contributed by atoms with Crippen molar-refractivity contribution in [2.24, 2.45) is 11.8 Å². The van der Waals surface area contributed by atoms with Crippen LogP contribution in [0.15, 0.2) is 35.4 Å².